The first-order chi connectivity index (χ1) is 7.76. The zero-order valence-electron chi connectivity index (χ0n) is 8.70. The molecule has 0 radical (unpaired) electrons. The van der Waals surface area contributed by atoms with E-state index in [1.807, 2.05) is 12.1 Å². The van der Waals surface area contributed by atoms with E-state index in [0.717, 1.165) is 5.56 Å². The highest BCUT2D eigenvalue weighted by Gasteiger charge is 2.09. The van der Waals surface area contributed by atoms with Crippen LogP contribution in [0.1, 0.15) is 12.5 Å². The smallest absolute Gasteiger partial charge is 0.397 e. The highest BCUT2D eigenvalue weighted by atomic mass is 79.9. The molecule has 0 spiro atoms. The largest absolute Gasteiger partial charge is 0.450 e. The number of hydrogen-bond donors (Lipinski definition) is 0. The third-order valence-electron chi connectivity index (χ3n) is 2.14. The van der Waals surface area contributed by atoms with Crippen LogP contribution < -0.4 is 10.4 Å². The second-order valence-electron chi connectivity index (χ2n) is 3.15. The number of halogens is 1. The molecule has 0 amide bonds. The summed E-state index contributed by atoms with van der Waals surface area (Å²) in [4.78, 5) is 15.9. The van der Waals surface area contributed by atoms with Crippen molar-refractivity contribution in [2.24, 2.45) is 0 Å². The Morgan fingerprint density at radius 1 is 1.50 bits per heavy atom. The molecule has 0 bridgehead atoms. The molecule has 0 atom stereocenters. The molecule has 16 heavy (non-hydrogen) atoms. The van der Waals surface area contributed by atoms with Crippen LogP contribution in [0.4, 0.5) is 0 Å². The van der Waals surface area contributed by atoms with Gasteiger partial charge in [-0.2, -0.15) is 4.98 Å². The van der Waals surface area contributed by atoms with Crippen LogP contribution in [0.3, 0.4) is 0 Å². The number of ether oxygens (including phenoxy) is 1. The zero-order chi connectivity index (χ0) is 11.5. The average Bonchev–Trinajstić information content (AvgIpc) is 2.28. The van der Waals surface area contributed by atoms with Gasteiger partial charge in [-0.1, -0.05) is 28.1 Å². The molecule has 5 heteroatoms. The van der Waals surface area contributed by atoms with Gasteiger partial charge >= 0.3 is 11.7 Å². The molecule has 1 heterocycles. The highest BCUT2D eigenvalue weighted by Crippen LogP contribution is 2.18. The number of aromatic nitrogens is 1. The van der Waals surface area contributed by atoms with Crippen molar-refractivity contribution in [3.63, 3.8) is 0 Å². The Morgan fingerprint density at radius 3 is 3.00 bits per heavy atom. The number of fused-ring (bicyclic) bond motifs is 1. The van der Waals surface area contributed by atoms with Crippen LogP contribution in [0.5, 0.6) is 6.08 Å². The Morgan fingerprint density at radius 2 is 2.31 bits per heavy atom. The molecule has 0 N–H and O–H groups in total. The summed E-state index contributed by atoms with van der Waals surface area (Å²) in [6.07, 6.45) is 0.0201. The number of alkyl halides is 1. The quantitative estimate of drug-likeness (QED) is 0.812. The lowest BCUT2D eigenvalue weighted by atomic mass is 10.1. The van der Waals surface area contributed by atoms with E-state index in [4.69, 9.17) is 9.15 Å². The maximum absolute atomic E-state index is 11.7. The molecular formula is C11H10BrNO3. The molecule has 0 saturated heterocycles. The summed E-state index contributed by atoms with van der Waals surface area (Å²) in [5, 5.41) is 1.09. The van der Waals surface area contributed by atoms with Gasteiger partial charge in [0.15, 0.2) is 0 Å². The van der Waals surface area contributed by atoms with Crippen LogP contribution in [-0.2, 0) is 5.33 Å². The van der Waals surface area contributed by atoms with Crippen LogP contribution in [-0.4, -0.2) is 11.6 Å². The van der Waals surface area contributed by atoms with E-state index < -0.39 is 5.63 Å². The van der Waals surface area contributed by atoms with Crippen molar-refractivity contribution in [1.29, 1.82) is 0 Å². The number of hydrogen-bond acceptors (Lipinski definition) is 4. The van der Waals surface area contributed by atoms with Gasteiger partial charge in [-0.05, 0) is 18.6 Å². The lowest BCUT2D eigenvalue weighted by molar-refractivity contribution is 0.229. The summed E-state index contributed by atoms with van der Waals surface area (Å²) in [6.45, 7) is 2.22. The molecule has 4 nitrogen and oxygen atoms in total. The van der Waals surface area contributed by atoms with Crippen molar-refractivity contribution in [3.05, 3.63) is 34.2 Å². The van der Waals surface area contributed by atoms with Gasteiger partial charge in [0.25, 0.3) is 0 Å². The average molecular weight is 284 g/mol. The molecule has 0 aliphatic heterocycles. The standard InChI is InChI=1S/C11H10BrNO3/c1-2-15-11-13-8-5-3-4-7(6-12)9(8)10(14)16-11/h3-5H,2,6H2,1H3. The van der Waals surface area contributed by atoms with E-state index in [2.05, 4.69) is 20.9 Å². The summed E-state index contributed by atoms with van der Waals surface area (Å²) < 4.78 is 10.0. The third kappa shape index (κ3) is 1.95. The van der Waals surface area contributed by atoms with Crippen molar-refractivity contribution in [2.75, 3.05) is 6.61 Å². The fourth-order valence-electron chi connectivity index (χ4n) is 1.46. The molecule has 2 aromatic rings. The first-order valence-corrected chi connectivity index (χ1v) is 6.00. The van der Waals surface area contributed by atoms with Gasteiger partial charge in [-0.25, -0.2) is 4.79 Å². The predicted octanol–water partition coefficient (Wildman–Crippen LogP) is 2.48. The lowest BCUT2D eigenvalue weighted by Crippen LogP contribution is -2.06. The summed E-state index contributed by atoms with van der Waals surface area (Å²) >= 11 is 3.32. The van der Waals surface area contributed by atoms with Crippen molar-refractivity contribution >= 4 is 26.8 Å². The van der Waals surface area contributed by atoms with Gasteiger partial charge in [0.1, 0.15) is 0 Å². The van der Waals surface area contributed by atoms with Gasteiger partial charge in [0, 0.05) is 5.33 Å². The Bertz CT molecular complexity index is 565. The van der Waals surface area contributed by atoms with Crippen molar-refractivity contribution in [3.8, 4) is 6.08 Å². The Balaban J connectivity index is 2.71. The van der Waals surface area contributed by atoms with Crippen molar-refractivity contribution in [1.82, 2.24) is 4.98 Å². The predicted molar refractivity (Wildman–Crippen MR) is 64.1 cm³/mol. The van der Waals surface area contributed by atoms with Gasteiger partial charge in [0.2, 0.25) is 0 Å². The van der Waals surface area contributed by atoms with E-state index in [0.29, 0.717) is 22.8 Å². The molecule has 0 unspecified atom stereocenters. The van der Waals surface area contributed by atoms with E-state index in [1.165, 1.54) is 0 Å². The number of nitrogens with zero attached hydrogens (tertiary/aromatic N) is 1. The van der Waals surface area contributed by atoms with E-state index in [1.54, 1.807) is 13.0 Å². The van der Waals surface area contributed by atoms with E-state index in [-0.39, 0.29) is 6.08 Å². The van der Waals surface area contributed by atoms with Crippen LogP contribution >= 0.6 is 15.9 Å². The fraction of sp³-hybridized carbons (Fsp3) is 0.273. The number of rotatable bonds is 3. The molecular weight excluding hydrogens is 274 g/mol. The number of benzene rings is 1. The van der Waals surface area contributed by atoms with E-state index >= 15 is 0 Å². The van der Waals surface area contributed by atoms with Crippen molar-refractivity contribution in [2.45, 2.75) is 12.3 Å². The second kappa shape index (κ2) is 4.65. The van der Waals surface area contributed by atoms with Gasteiger partial charge in [0.05, 0.1) is 17.5 Å². The lowest BCUT2D eigenvalue weighted by Gasteiger charge is -2.03. The van der Waals surface area contributed by atoms with Crippen LogP contribution in [0.2, 0.25) is 0 Å². The molecule has 1 aromatic carbocycles. The van der Waals surface area contributed by atoms with Gasteiger partial charge in [-0.3, -0.25) is 0 Å². The SMILES string of the molecule is CCOc1nc2cccc(CBr)c2c(=O)o1. The minimum Gasteiger partial charge on any atom is -0.450 e. The molecule has 0 saturated carbocycles. The van der Waals surface area contributed by atoms with Gasteiger partial charge < -0.3 is 9.15 Å². The Kier molecular flexibility index (Phi) is 3.24. The first-order valence-electron chi connectivity index (χ1n) is 4.87. The van der Waals surface area contributed by atoms with Crippen LogP contribution in [0.15, 0.2) is 27.4 Å². The summed E-state index contributed by atoms with van der Waals surface area (Å²) in [5.74, 6) is 0. The molecule has 0 fully saturated rings. The molecule has 2 rings (SSSR count). The Labute approximate surface area is 100 Å². The van der Waals surface area contributed by atoms with Crippen LogP contribution in [0.25, 0.3) is 10.9 Å². The molecule has 84 valence electrons. The van der Waals surface area contributed by atoms with Crippen LogP contribution in [0, 0.1) is 0 Å². The summed E-state index contributed by atoms with van der Waals surface area (Å²) in [6, 6.07) is 5.47. The first kappa shape index (κ1) is 11.1. The minimum atomic E-state index is -0.413. The minimum absolute atomic E-state index is 0.0201. The maximum atomic E-state index is 11.7. The Hall–Kier alpha value is -1.36. The molecule has 0 aliphatic carbocycles. The van der Waals surface area contributed by atoms with Crippen molar-refractivity contribution < 1.29 is 9.15 Å². The summed E-state index contributed by atoms with van der Waals surface area (Å²) in [7, 11) is 0. The van der Waals surface area contributed by atoms with Gasteiger partial charge in [-0.15, -0.1) is 0 Å². The topological polar surface area (TPSA) is 52.3 Å². The zero-order valence-corrected chi connectivity index (χ0v) is 10.3. The monoisotopic (exact) mass is 283 g/mol. The summed E-state index contributed by atoms with van der Waals surface area (Å²) in [5.41, 5.74) is 1.04. The molecule has 1 aromatic heterocycles. The van der Waals surface area contributed by atoms with E-state index in [9.17, 15) is 4.79 Å². The third-order valence-corrected chi connectivity index (χ3v) is 2.74. The maximum Gasteiger partial charge on any atom is 0.397 e. The second-order valence-corrected chi connectivity index (χ2v) is 3.71. The highest BCUT2D eigenvalue weighted by molar-refractivity contribution is 9.08. The molecule has 0 aliphatic rings. The fourth-order valence-corrected chi connectivity index (χ4v) is 1.93. The normalized spacial score (nSPS) is 10.6.